The number of hydrogen-bond donors (Lipinski definition) is 0. The van der Waals surface area contributed by atoms with Crippen LogP contribution in [0.5, 0.6) is 11.6 Å². The summed E-state index contributed by atoms with van der Waals surface area (Å²) >= 11 is 0. The number of likely N-dealkylation sites (tertiary alicyclic amines) is 1. The third kappa shape index (κ3) is 5.26. The van der Waals surface area contributed by atoms with Crippen LogP contribution in [0.1, 0.15) is 16.8 Å². The van der Waals surface area contributed by atoms with Crippen molar-refractivity contribution in [2.45, 2.75) is 24.9 Å². The van der Waals surface area contributed by atoms with Crippen molar-refractivity contribution in [3.63, 3.8) is 0 Å². The topological polar surface area (TPSA) is 99.4 Å². The van der Waals surface area contributed by atoms with Crippen LogP contribution < -0.4 is 9.47 Å². The number of carbonyl (C=O) groups excluding carboxylic acids is 2. The summed E-state index contributed by atoms with van der Waals surface area (Å²) < 4.78 is 65.2. The van der Waals surface area contributed by atoms with Crippen molar-refractivity contribution < 1.29 is 36.6 Å². The monoisotopic (exact) mass is 529 g/mol. The molecule has 0 saturated carbocycles. The highest BCUT2D eigenvalue weighted by Gasteiger charge is 2.42. The lowest BCUT2D eigenvalue weighted by atomic mass is 10.0. The number of carbonyl (C=O) groups is 2. The van der Waals surface area contributed by atoms with E-state index in [2.05, 4.69) is 20.0 Å². The van der Waals surface area contributed by atoms with E-state index in [4.69, 9.17) is 4.74 Å². The van der Waals surface area contributed by atoms with Gasteiger partial charge in [-0.3, -0.25) is 4.79 Å². The van der Waals surface area contributed by atoms with E-state index in [0.717, 1.165) is 6.07 Å². The summed E-state index contributed by atoms with van der Waals surface area (Å²) in [6.45, 7) is -0.122. The van der Waals surface area contributed by atoms with E-state index in [0.29, 0.717) is 22.2 Å². The molecule has 4 aromatic rings. The molecule has 2 atom stereocenters. The molecular weight excluding hydrogens is 510 g/mol. The van der Waals surface area contributed by atoms with Gasteiger partial charge >= 0.3 is 12.1 Å². The first kappa shape index (κ1) is 25.1. The van der Waals surface area contributed by atoms with E-state index in [-0.39, 0.29) is 19.5 Å². The lowest BCUT2D eigenvalue weighted by molar-refractivity contribution is -0.189. The molecule has 1 fully saturated rings. The maximum atomic E-state index is 14.9. The number of para-hydroxylation sites is 1. The lowest BCUT2D eigenvalue weighted by Crippen LogP contribution is -2.50. The van der Waals surface area contributed by atoms with E-state index in [9.17, 15) is 27.2 Å². The molecule has 0 aliphatic carbocycles. The third-order valence-corrected chi connectivity index (χ3v) is 5.90. The molecule has 196 valence electrons. The van der Waals surface area contributed by atoms with Gasteiger partial charge in [0.2, 0.25) is 0 Å². The Hall–Kier alpha value is -4.55. The van der Waals surface area contributed by atoms with Crippen LogP contribution >= 0.6 is 0 Å². The van der Waals surface area contributed by atoms with E-state index in [1.165, 1.54) is 15.8 Å². The second kappa shape index (κ2) is 10.1. The fourth-order valence-corrected chi connectivity index (χ4v) is 4.03. The summed E-state index contributed by atoms with van der Waals surface area (Å²) in [6.07, 6.45) is -5.07. The van der Waals surface area contributed by atoms with Gasteiger partial charge < -0.3 is 14.4 Å². The Morgan fingerprint density at radius 1 is 1.05 bits per heavy atom. The molecule has 0 bridgehead atoms. The number of alkyl halides is 4. The van der Waals surface area contributed by atoms with Gasteiger partial charge in [0.05, 0.1) is 30.1 Å². The molecule has 2 aromatic carbocycles. The second-order valence-corrected chi connectivity index (χ2v) is 8.48. The molecule has 0 spiro atoms. The van der Waals surface area contributed by atoms with Gasteiger partial charge in [-0.2, -0.15) is 13.2 Å². The van der Waals surface area contributed by atoms with E-state index in [1.54, 1.807) is 54.7 Å². The first-order valence-corrected chi connectivity index (χ1v) is 11.4. The summed E-state index contributed by atoms with van der Waals surface area (Å²) in [5, 5.41) is 8.01. The Morgan fingerprint density at radius 3 is 2.63 bits per heavy atom. The summed E-state index contributed by atoms with van der Waals surface area (Å²) in [7, 11) is 0. The van der Waals surface area contributed by atoms with Crippen LogP contribution in [0.3, 0.4) is 0 Å². The molecule has 3 heterocycles. The maximum Gasteiger partial charge on any atom is 0.491 e. The van der Waals surface area contributed by atoms with Crippen LogP contribution in [0.4, 0.5) is 17.6 Å². The minimum Gasteiger partial charge on any atom is -0.467 e. The van der Waals surface area contributed by atoms with Gasteiger partial charge in [0.25, 0.3) is 11.8 Å². The van der Waals surface area contributed by atoms with Crippen molar-refractivity contribution in [3.8, 4) is 17.3 Å². The molecule has 9 nitrogen and oxygen atoms in total. The zero-order chi connectivity index (χ0) is 26.9. The smallest absolute Gasteiger partial charge is 0.467 e. The standard InChI is InChI=1S/C25H19F4N5O4/c26-18-8-10-33(23(35)16-5-3-6-17(12-16)34-11-9-30-32-34)14-21(18)37-22-20(38-24(36)25(27,28)29)13-15-4-1-2-7-19(15)31-22/h1-7,9,11-13,18,21H,8,10,14H2/t18-,21-/m0/s1. The highest BCUT2D eigenvalue weighted by molar-refractivity contribution is 5.95. The zero-order valence-electron chi connectivity index (χ0n) is 19.5. The Balaban J connectivity index is 1.39. The minimum atomic E-state index is -5.26. The molecule has 2 aromatic heterocycles. The summed E-state index contributed by atoms with van der Waals surface area (Å²) in [6, 6.07) is 14.2. The van der Waals surface area contributed by atoms with Crippen LogP contribution in [0.15, 0.2) is 67.0 Å². The molecule has 0 radical (unpaired) electrons. The minimum absolute atomic E-state index is 0.0789. The highest BCUT2D eigenvalue weighted by Crippen LogP contribution is 2.33. The maximum absolute atomic E-state index is 14.9. The Bertz CT molecular complexity index is 1480. The fraction of sp³-hybridized carbons (Fsp3) is 0.240. The molecule has 38 heavy (non-hydrogen) atoms. The largest absolute Gasteiger partial charge is 0.491 e. The fourth-order valence-electron chi connectivity index (χ4n) is 4.03. The Kier molecular flexibility index (Phi) is 6.66. The average molecular weight is 529 g/mol. The normalized spacial score (nSPS) is 17.8. The number of pyridine rings is 1. The average Bonchev–Trinajstić information content (AvgIpc) is 3.44. The van der Waals surface area contributed by atoms with Crippen molar-refractivity contribution in [2.75, 3.05) is 13.1 Å². The number of halogens is 4. The molecule has 0 unspecified atom stereocenters. The van der Waals surface area contributed by atoms with E-state index >= 15 is 0 Å². The first-order chi connectivity index (χ1) is 18.2. The van der Waals surface area contributed by atoms with Crippen molar-refractivity contribution in [3.05, 3.63) is 72.6 Å². The quantitative estimate of drug-likeness (QED) is 0.286. The number of amides is 1. The van der Waals surface area contributed by atoms with E-state index in [1.807, 2.05) is 0 Å². The summed E-state index contributed by atoms with van der Waals surface area (Å²) in [4.78, 5) is 30.3. The molecule has 1 aliphatic rings. The predicted molar refractivity (Wildman–Crippen MR) is 125 cm³/mol. The summed E-state index contributed by atoms with van der Waals surface area (Å²) in [5.74, 6) is -3.97. The third-order valence-electron chi connectivity index (χ3n) is 5.90. The zero-order valence-corrected chi connectivity index (χ0v) is 19.5. The van der Waals surface area contributed by atoms with Gasteiger partial charge in [-0.15, -0.1) is 5.10 Å². The second-order valence-electron chi connectivity index (χ2n) is 8.48. The Morgan fingerprint density at radius 2 is 1.87 bits per heavy atom. The van der Waals surface area contributed by atoms with Crippen molar-refractivity contribution in [1.82, 2.24) is 24.9 Å². The van der Waals surface area contributed by atoms with Crippen LogP contribution in [0.2, 0.25) is 0 Å². The van der Waals surface area contributed by atoms with Gasteiger partial charge in [0.1, 0.15) is 12.3 Å². The molecule has 1 amide bonds. The Labute approximate surface area is 212 Å². The number of rotatable bonds is 5. The van der Waals surface area contributed by atoms with Crippen LogP contribution in [-0.4, -0.2) is 68.3 Å². The van der Waals surface area contributed by atoms with Crippen molar-refractivity contribution in [1.29, 1.82) is 0 Å². The molecule has 1 aliphatic heterocycles. The van der Waals surface area contributed by atoms with Crippen LogP contribution in [0, 0.1) is 0 Å². The molecule has 0 N–H and O–H groups in total. The SMILES string of the molecule is O=C(c1cccc(-n2ccnn2)c1)N1CC[C@H](F)[C@@H](Oc2nc3ccccc3cc2OC(=O)C(F)(F)F)C1. The van der Waals surface area contributed by atoms with Crippen LogP contribution in [0.25, 0.3) is 16.6 Å². The number of benzene rings is 2. The first-order valence-electron chi connectivity index (χ1n) is 11.4. The van der Waals surface area contributed by atoms with E-state index < -0.39 is 42.0 Å². The van der Waals surface area contributed by atoms with Crippen molar-refractivity contribution in [2.24, 2.45) is 0 Å². The number of aromatic nitrogens is 4. The highest BCUT2D eigenvalue weighted by atomic mass is 19.4. The molecule has 1 saturated heterocycles. The predicted octanol–water partition coefficient (Wildman–Crippen LogP) is 3.91. The van der Waals surface area contributed by atoms with Gasteiger partial charge in [-0.25, -0.2) is 18.9 Å². The number of fused-ring (bicyclic) bond motifs is 1. The van der Waals surface area contributed by atoms with Gasteiger partial charge in [0, 0.05) is 17.5 Å². The van der Waals surface area contributed by atoms with Gasteiger partial charge in [0.15, 0.2) is 5.75 Å². The van der Waals surface area contributed by atoms with Crippen molar-refractivity contribution >= 4 is 22.8 Å². The number of piperidine rings is 1. The number of ether oxygens (including phenoxy) is 2. The number of nitrogens with zero attached hydrogens (tertiary/aromatic N) is 5. The molecule has 13 heteroatoms. The number of hydrogen-bond acceptors (Lipinski definition) is 7. The summed E-state index contributed by atoms with van der Waals surface area (Å²) in [5.41, 5.74) is 1.24. The number of esters is 1. The molecule has 5 rings (SSSR count). The van der Waals surface area contributed by atoms with Gasteiger partial charge in [-0.1, -0.05) is 29.5 Å². The molecular formula is C25H19F4N5O4. The lowest BCUT2D eigenvalue weighted by Gasteiger charge is -2.35. The van der Waals surface area contributed by atoms with Crippen LogP contribution in [-0.2, 0) is 4.79 Å². The van der Waals surface area contributed by atoms with Gasteiger partial charge in [-0.05, 0) is 36.8 Å².